The molecule has 16 heavy (non-hydrogen) atoms. The molecule has 0 heterocycles. The molecule has 0 saturated heterocycles. The number of hydrogen-bond donors (Lipinski definition) is 0. The Morgan fingerprint density at radius 3 is 2.62 bits per heavy atom. The highest BCUT2D eigenvalue weighted by Crippen LogP contribution is 2.28. The topological polar surface area (TPSA) is 38.7 Å². The molecule has 0 aliphatic carbocycles. The molecule has 0 saturated carbocycles. The first-order valence-corrected chi connectivity index (χ1v) is 4.95. The van der Waals surface area contributed by atoms with Crippen molar-refractivity contribution in [2.75, 3.05) is 7.11 Å². The normalized spacial score (nSPS) is 9.81. The van der Waals surface area contributed by atoms with Crippen molar-refractivity contribution < 1.29 is 9.53 Å². The quantitative estimate of drug-likeness (QED) is 0.580. The molecule has 0 amide bonds. The highest BCUT2D eigenvalue weighted by Gasteiger charge is 2.04. The summed E-state index contributed by atoms with van der Waals surface area (Å²) in [5.74, 6) is 0.828. The maximum absolute atomic E-state index is 10.1. The second-order valence-corrected chi connectivity index (χ2v) is 3.38. The van der Waals surface area contributed by atoms with E-state index in [1.54, 1.807) is 13.2 Å². The van der Waals surface area contributed by atoms with Gasteiger partial charge in [0, 0.05) is 5.39 Å². The molecule has 2 rings (SSSR count). The van der Waals surface area contributed by atoms with E-state index in [1.165, 1.54) is 0 Å². The van der Waals surface area contributed by atoms with Gasteiger partial charge in [-0.25, -0.2) is 9.79 Å². The lowest BCUT2D eigenvalue weighted by atomic mass is 10.0. The zero-order valence-electron chi connectivity index (χ0n) is 8.93. The summed E-state index contributed by atoms with van der Waals surface area (Å²) < 4.78 is 5.28. The van der Waals surface area contributed by atoms with Crippen molar-refractivity contribution >= 4 is 16.9 Å². The summed E-state index contributed by atoms with van der Waals surface area (Å²) in [6, 6.07) is 11.7. The first kappa shape index (κ1) is 10.4. The van der Waals surface area contributed by atoms with Crippen LogP contribution in [0.25, 0.3) is 10.8 Å². The molecule has 2 aromatic carbocycles. The molecule has 0 bridgehead atoms. The van der Waals surface area contributed by atoms with Gasteiger partial charge >= 0.3 is 0 Å². The van der Waals surface area contributed by atoms with Gasteiger partial charge in [-0.15, -0.1) is 0 Å². The van der Waals surface area contributed by atoms with Crippen LogP contribution in [-0.4, -0.2) is 13.2 Å². The summed E-state index contributed by atoms with van der Waals surface area (Å²) in [7, 11) is 1.64. The van der Waals surface area contributed by atoms with Crippen LogP contribution in [0.2, 0.25) is 0 Å². The van der Waals surface area contributed by atoms with Gasteiger partial charge in [0.25, 0.3) is 0 Å². The fraction of sp³-hybridized carbons (Fsp3) is 0.154. The molecule has 3 nitrogen and oxygen atoms in total. The molecule has 2 aromatic rings. The minimum absolute atomic E-state index is 0.355. The fourth-order valence-corrected chi connectivity index (χ4v) is 1.77. The molecule has 0 aliphatic heterocycles. The summed E-state index contributed by atoms with van der Waals surface area (Å²) in [4.78, 5) is 13.7. The summed E-state index contributed by atoms with van der Waals surface area (Å²) in [5.41, 5.74) is 1.000. The predicted octanol–water partition coefficient (Wildman–Crippen LogP) is 2.68. The SMILES string of the molecule is COc1ccc(CN=C=O)c2ccccc12. The Balaban J connectivity index is 2.64. The van der Waals surface area contributed by atoms with Gasteiger partial charge in [-0.1, -0.05) is 30.3 Å². The number of hydrogen-bond acceptors (Lipinski definition) is 3. The monoisotopic (exact) mass is 213 g/mol. The molecular weight excluding hydrogens is 202 g/mol. The van der Waals surface area contributed by atoms with Crippen LogP contribution in [-0.2, 0) is 11.3 Å². The van der Waals surface area contributed by atoms with Crippen molar-refractivity contribution in [3.05, 3.63) is 42.0 Å². The zero-order chi connectivity index (χ0) is 11.4. The number of ether oxygens (including phenoxy) is 1. The number of methoxy groups -OCH3 is 1. The standard InChI is InChI=1S/C13H11NO2/c1-16-13-7-6-10(8-14-9-15)11-4-2-3-5-12(11)13/h2-7H,8H2,1H3. The average Bonchev–Trinajstić information content (AvgIpc) is 2.36. The van der Waals surface area contributed by atoms with Crippen molar-refractivity contribution in [3.63, 3.8) is 0 Å². The van der Waals surface area contributed by atoms with Crippen LogP contribution >= 0.6 is 0 Å². The van der Waals surface area contributed by atoms with Crippen molar-refractivity contribution in [2.24, 2.45) is 4.99 Å². The molecule has 0 fully saturated rings. The third-order valence-electron chi connectivity index (χ3n) is 2.51. The third kappa shape index (κ3) is 1.81. The maximum Gasteiger partial charge on any atom is 0.235 e. The van der Waals surface area contributed by atoms with Crippen LogP contribution in [0.1, 0.15) is 5.56 Å². The number of nitrogens with zero attached hydrogens (tertiary/aromatic N) is 1. The molecular formula is C13H11NO2. The molecule has 0 unspecified atom stereocenters. The molecule has 0 aliphatic rings. The highest BCUT2D eigenvalue weighted by atomic mass is 16.5. The van der Waals surface area contributed by atoms with Crippen molar-refractivity contribution in [1.29, 1.82) is 0 Å². The molecule has 0 N–H and O–H groups in total. The van der Waals surface area contributed by atoms with Gasteiger partial charge < -0.3 is 4.74 Å². The Bertz CT molecular complexity index is 557. The van der Waals surface area contributed by atoms with Gasteiger partial charge in [-0.2, -0.15) is 0 Å². The average molecular weight is 213 g/mol. The Hall–Kier alpha value is -2.12. The van der Waals surface area contributed by atoms with Gasteiger partial charge in [0.15, 0.2) is 0 Å². The summed E-state index contributed by atoms with van der Waals surface area (Å²) >= 11 is 0. The number of isocyanates is 1. The van der Waals surface area contributed by atoms with E-state index in [4.69, 9.17) is 4.74 Å². The molecule has 3 heteroatoms. The van der Waals surface area contributed by atoms with Crippen LogP contribution < -0.4 is 4.74 Å². The van der Waals surface area contributed by atoms with Crippen LogP contribution in [0.5, 0.6) is 5.75 Å². The molecule has 0 aromatic heterocycles. The molecule has 80 valence electrons. The second-order valence-electron chi connectivity index (χ2n) is 3.38. The number of rotatable bonds is 3. The second kappa shape index (κ2) is 4.60. The summed E-state index contributed by atoms with van der Waals surface area (Å²) in [6.45, 7) is 0.355. The molecule has 0 spiro atoms. The lowest BCUT2D eigenvalue weighted by Gasteiger charge is -2.08. The van der Waals surface area contributed by atoms with Gasteiger partial charge in [-0.05, 0) is 17.0 Å². The Kier molecular flexibility index (Phi) is 2.99. The molecule has 0 radical (unpaired) electrons. The van der Waals surface area contributed by atoms with E-state index in [2.05, 4.69) is 4.99 Å². The Morgan fingerprint density at radius 2 is 1.94 bits per heavy atom. The van der Waals surface area contributed by atoms with E-state index < -0.39 is 0 Å². The minimum Gasteiger partial charge on any atom is -0.496 e. The first-order valence-electron chi connectivity index (χ1n) is 4.95. The van der Waals surface area contributed by atoms with E-state index in [-0.39, 0.29) is 0 Å². The number of benzene rings is 2. The summed E-state index contributed by atoms with van der Waals surface area (Å²) in [6.07, 6.45) is 1.55. The van der Waals surface area contributed by atoms with E-state index in [0.717, 1.165) is 22.1 Å². The minimum atomic E-state index is 0.355. The lowest BCUT2D eigenvalue weighted by Crippen LogP contribution is -1.89. The predicted molar refractivity (Wildman–Crippen MR) is 62.3 cm³/mol. The summed E-state index contributed by atoms with van der Waals surface area (Å²) in [5, 5.41) is 2.09. The Morgan fingerprint density at radius 1 is 1.19 bits per heavy atom. The van der Waals surface area contributed by atoms with Crippen LogP contribution in [0.4, 0.5) is 0 Å². The van der Waals surface area contributed by atoms with Crippen molar-refractivity contribution in [2.45, 2.75) is 6.54 Å². The number of carbonyl (C=O) groups excluding carboxylic acids is 1. The maximum atomic E-state index is 10.1. The van der Waals surface area contributed by atoms with Gasteiger partial charge in [0.1, 0.15) is 5.75 Å². The van der Waals surface area contributed by atoms with E-state index in [1.807, 2.05) is 36.4 Å². The largest absolute Gasteiger partial charge is 0.496 e. The number of fused-ring (bicyclic) bond motifs is 1. The van der Waals surface area contributed by atoms with E-state index in [0.29, 0.717) is 6.54 Å². The zero-order valence-corrected chi connectivity index (χ0v) is 8.93. The van der Waals surface area contributed by atoms with Crippen molar-refractivity contribution in [3.8, 4) is 5.75 Å². The van der Waals surface area contributed by atoms with E-state index in [9.17, 15) is 4.79 Å². The van der Waals surface area contributed by atoms with Gasteiger partial charge in [0.2, 0.25) is 6.08 Å². The van der Waals surface area contributed by atoms with Crippen LogP contribution in [0, 0.1) is 0 Å². The van der Waals surface area contributed by atoms with E-state index >= 15 is 0 Å². The van der Waals surface area contributed by atoms with Gasteiger partial charge in [0.05, 0.1) is 13.7 Å². The van der Waals surface area contributed by atoms with Crippen LogP contribution in [0.15, 0.2) is 41.4 Å². The van der Waals surface area contributed by atoms with Gasteiger partial charge in [-0.3, -0.25) is 0 Å². The van der Waals surface area contributed by atoms with Crippen molar-refractivity contribution in [1.82, 2.24) is 0 Å². The lowest BCUT2D eigenvalue weighted by molar-refractivity contribution is 0.419. The van der Waals surface area contributed by atoms with Crippen LogP contribution in [0.3, 0.4) is 0 Å². The smallest absolute Gasteiger partial charge is 0.235 e. The fourth-order valence-electron chi connectivity index (χ4n) is 1.77. The highest BCUT2D eigenvalue weighted by molar-refractivity contribution is 5.91. The first-order chi connectivity index (χ1) is 7.86. The Labute approximate surface area is 93.4 Å². The number of aliphatic imine (C=N–C) groups is 1. The third-order valence-corrected chi connectivity index (χ3v) is 2.51. The molecule has 0 atom stereocenters.